The van der Waals surface area contributed by atoms with Crippen LogP contribution in [0.25, 0.3) is 100 Å². The Bertz CT molecular complexity index is 2910. The fourth-order valence-corrected chi connectivity index (χ4v) is 7.44. The van der Waals surface area contributed by atoms with Gasteiger partial charge in [-0.1, -0.05) is 176 Å². The smallest absolute Gasteiger partial charge is 0.161 e. The van der Waals surface area contributed by atoms with Gasteiger partial charge in [0, 0.05) is 38.6 Å². The minimum absolute atomic E-state index is 0.661. The Hall–Kier alpha value is -7.30. The molecule has 0 aliphatic rings. The van der Waals surface area contributed by atoms with Crippen LogP contribution < -0.4 is 0 Å². The fraction of sp³-hybridized carbons (Fsp3) is 0. The van der Waals surface area contributed by atoms with Crippen LogP contribution in [0, 0.1) is 0 Å². The maximum absolute atomic E-state index is 5.38. The molecule has 10 aromatic rings. The second kappa shape index (κ2) is 13.4. The summed E-state index contributed by atoms with van der Waals surface area (Å²) in [5.41, 5.74) is 12.5. The molecule has 0 unspecified atom stereocenters. The highest BCUT2D eigenvalue weighted by Gasteiger charge is 2.19. The highest BCUT2D eigenvalue weighted by Crippen LogP contribution is 2.40. The Kier molecular flexibility index (Phi) is 7.77. The zero-order chi connectivity index (χ0) is 35.8. The van der Waals surface area contributed by atoms with Crippen LogP contribution in [0.4, 0.5) is 0 Å². The first-order valence-corrected chi connectivity index (χ1v) is 18.1. The number of pyridine rings is 2. The Balaban J connectivity index is 1.23. The third-order valence-electron chi connectivity index (χ3n) is 10.1. The molecule has 3 heterocycles. The van der Waals surface area contributed by atoms with E-state index in [1.54, 1.807) is 0 Å². The number of hydrogen-bond acceptors (Lipinski definition) is 4. The van der Waals surface area contributed by atoms with E-state index < -0.39 is 0 Å². The lowest BCUT2D eigenvalue weighted by Gasteiger charge is -2.16. The van der Waals surface area contributed by atoms with E-state index in [2.05, 4.69) is 152 Å². The molecule has 0 bridgehead atoms. The van der Waals surface area contributed by atoms with E-state index in [-0.39, 0.29) is 0 Å². The van der Waals surface area contributed by atoms with Crippen molar-refractivity contribution in [3.05, 3.63) is 194 Å². The van der Waals surface area contributed by atoms with Crippen LogP contribution in [0.1, 0.15) is 0 Å². The third kappa shape index (κ3) is 5.67. The van der Waals surface area contributed by atoms with Gasteiger partial charge in [-0.15, -0.1) is 0 Å². The highest BCUT2D eigenvalue weighted by molar-refractivity contribution is 6.11. The fourth-order valence-electron chi connectivity index (χ4n) is 7.44. The van der Waals surface area contributed by atoms with Gasteiger partial charge in [0.2, 0.25) is 0 Å². The van der Waals surface area contributed by atoms with Crippen molar-refractivity contribution in [1.82, 2.24) is 19.9 Å². The first-order valence-electron chi connectivity index (χ1n) is 18.1. The van der Waals surface area contributed by atoms with E-state index in [4.69, 9.17) is 19.9 Å². The molecule has 0 atom stereocenters. The summed E-state index contributed by atoms with van der Waals surface area (Å²) in [5.74, 6) is 0.661. The lowest BCUT2D eigenvalue weighted by Crippen LogP contribution is -1.98. The highest BCUT2D eigenvalue weighted by atomic mass is 14.9. The van der Waals surface area contributed by atoms with E-state index in [0.717, 1.165) is 83.5 Å². The first-order chi connectivity index (χ1) is 26.8. The Morgan fingerprint density at radius 1 is 0.259 bits per heavy atom. The Labute approximate surface area is 313 Å². The minimum atomic E-state index is 0.661. The summed E-state index contributed by atoms with van der Waals surface area (Å²) in [5, 5.41) is 4.41. The van der Waals surface area contributed by atoms with Gasteiger partial charge in [0.15, 0.2) is 5.82 Å². The molecule has 0 aliphatic carbocycles. The van der Waals surface area contributed by atoms with Gasteiger partial charge in [-0.2, -0.15) is 0 Å². The summed E-state index contributed by atoms with van der Waals surface area (Å²) >= 11 is 0. The van der Waals surface area contributed by atoms with Crippen LogP contribution in [-0.4, -0.2) is 19.9 Å². The van der Waals surface area contributed by atoms with E-state index in [1.165, 1.54) is 10.8 Å². The lowest BCUT2D eigenvalue weighted by atomic mass is 9.93. The second-order valence-electron chi connectivity index (χ2n) is 13.4. The molecule has 0 fully saturated rings. The average Bonchev–Trinajstić information content (AvgIpc) is 3.26. The van der Waals surface area contributed by atoms with Gasteiger partial charge in [0.05, 0.1) is 33.8 Å². The molecule has 4 nitrogen and oxygen atoms in total. The average molecular weight is 689 g/mol. The summed E-state index contributed by atoms with van der Waals surface area (Å²) in [6.07, 6.45) is 0. The molecule has 3 aromatic heterocycles. The SMILES string of the molecule is c1ccc(-c2cc(-c3ccccc3)nc(-c3ccccc3-c3cc(-c4ccccc4)nc4c3ccc3ccc(-c5cccc6ccccc56)nc34)n2)cc1. The molecule has 4 heteroatoms. The van der Waals surface area contributed by atoms with Crippen molar-refractivity contribution < 1.29 is 0 Å². The van der Waals surface area contributed by atoms with Crippen LogP contribution >= 0.6 is 0 Å². The van der Waals surface area contributed by atoms with Crippen molar-refractivity contribution >= 4 is 32.6 Å². The second-order valence-corrected chi connectivity index (χ2v) is 13.4. The van der Waals surface area contributed by atoms with Crippen LogP contribution in [0.5, 0.6) is 0 Å². The van der Waals surface area contributed by atoms with E-state index in [9.17, 15) is 0 Å². The number of nitrogens with zero attached hydrogens (tertiary/aromatic N) is 4. The monoisotopic (exact) mass is 688 g/mol. The van der Waals surface area contributed by atoms with Crippen molar-refractivity contribution in [2.45, 2.75) is 0 Å². The van der Waals surface area contributed by atoms with Gasteiger partial charge in [-0.3, -0.25) is 0 Å². The molecular formula is C50H32N4. The molecule has 0 saturated carbocycles. The zero-order valence-electron chi connectivity index (χ0n) is 29.3. The van der Waals surface area contributed by atoms with E-state index in [0.29, 0.717) is 5.82 Å². The number of fused-ring (bicyclic) bond motifs is 4. The van der Waals surface area contributed by atoms with Gasteiger partial charge in [-0.05, 0) is 40.1 Å². The number of aromatic nitrogens is 4. The molecule has 0 aliphatic heterocycles. The van der Waals surface area contributed by atoms with Crippen LogP contribution in [0.3, 0.4) is 0 Å². The lowest BCUT2D eigenvalue weighted by molar-refractivity contribution is 1.18. The molecule has 252 valence electrons. The summed E-state index contributed by atoms with van der Waals surface area (Å²) in [7, 11) is 0. The number of rotatable bonds is 6. The van der Waals surface area contributed by atoms with Crippen LogP contribution in [-0.2, 0) is 0 Å². The molecule has 0 radical (unpaired) electrons. The molecular weight excluding hydrogens is 657 g/mol. The molecule has 0 saturated heterocycles. The molecule has 54 heavy (non-hydrogen) atoms. The minimum Gasteiger partial charge on any atom is -0.245 e. The molecule has 0 amide bonds. The molecule has 7 aromatic carbocycles. The Morgan fingerprint density at radius 2 is 0.778 bits per heavy atom. The number of benzene rings is 7. The van der Waals surface area contributed by atoms with Crippen molar-refractivity contribution in [3.63, 3.8) is 0 Å². The third-order valence-corrected chi connectivity index (χ3v) is 10.1. The van der Waals surface area contributed by atoms with Gasteiger partial charge in [0.1, 0.15) is 0 Å². The Morgan fingerprint density at radius 3 is 1.46 bits per heavy atom. The van der Waals surface area contributed by atoms with Crippen molar-refractivity contribution in [1.29, 1.82) is 0 Å². The van der Waals surface area contributed by atoms with Gasteiger partial charge in [0.25, 0.3) is 0 Å². The van der Waals surface area contributed by atoms with Crippen molar-refractivity contribution in [2.24, 2.45) is 0 Å². The van der Waals surface area contributed by atoms with Crippen molar-refractivity contribution in [3.8, 4) is 67.5 Å². The van der Waals surface area contributed by atoms with Crippen LogP contribution in [0.2, 0.25) is 0 Å². The van der Waals surface area contributed by atoms with E-state index in [1.807, 2.05) is 42.5 Å². The maximum Gasteiger partial charge on any atom is 0.161 e. The van der Waals surface area contributed by atoms with Gasteiger partial charge in [-0.25, -0.2) is 19.9 Å². The first kappa shape index (κ1) is 31.4. The summed E-state index contributed by atoms with van der Waals surface area (Å²) < 4.78 is 0. The largest absolute Gasteiger partial charge is 0.245 e. The van der Waals surface area contributed by atoms with Crippen LogP contribution in [0.15, 0.2) is 194 Å². The maximum atomic E-state index is 5.38. The summed E-state index contributed by atoms with van der Waals surface area (Å²) in [6.45, 7) is 0. The summed E-state index contributed by atoms with van der Waals surface area (Å²) in [6, 6.07) is 67.3. The summed E-state index contributed by atoms with van der Waals surface area (Å²) in [4.78, 5) is 21.2. The number of hydrogen-bond donors (Lipinski definition) is 0. The molecule has 0 spiro atoms. The van der Waals surface area contributed by atoms with E-state index >= 15 is 0 Å². The predicted molar refractivity (Wildman–Crippen MR) is 223 cm³/mol. The molecule has 10 rings (SSSR count). The zero-order valence-corrected chi connectivity index (χ0v) is 29.3. The predicted octanol–water partition coefficient (Wildman–Crippen LogP) is 12.7. The van der Waals surface area contributed by atoms with Crippen molar-refractivity contribution in [2.75, 3.05) is 0 Å². The molecule has 0 N–H and O–H groups in total. The standard InChI is InChI=1S/C50H32N4/c1-4-16-34(17-5-1)45-31-43(41-29-27-37-28-30-44(51-48(37)49(41)52-45)40-26-14-22-33-15-10-11-23-38(33)40)39-24-12-13-25-42(39)50-53-46(35-18-6-2-7-19-35)32-47(54-50)36-20-8-3-9-21-36/h1-32H. The van der Waals surface area contributed by atoms with Gasteiger partial charge < -0.3 is 0 Å². The topological polar surface area (TPSA) is 51.6 Å². The quantitative estimate of drug-likeness (QED) is 0.163. The van der Waals surface area contributed by atoms with Gasteiger partial charge >= 0.3 is 0 Å². The normalized spacial score (nSPS) is 11.3.